The standard InChI is InChI=1S/C12H20Cl2O2Si2/c1-17(2,9-13)15-11-7-5-6-8-12(11)16-18(3,4)10-14/h5-8H,9-10H2,1-4H3. The molecule has 0 saturated carbocycles. The van der Waals surface area contributed by atoms with E-state index in [1.54, 1.807) is 0 Å². The summed E-state index contributed by atoms with van der Waals surface area (Å²) >= 11 is 11.9. The van der Waals surface area contributed by atoms with Crippen molar-refractivity contribution >= 4 is 39.8 Å². The highest BCUT2D eigenvalue weighted by Crippen LogP contribution is 2.31. The van der Waals surface area contributed by atoms with E-state index in [0.29, 0.717) is 11.0 Å². The summed E-state index contributed by atoms with van der Waals surface area (Å²) in [5, 5.41) is 0. The molecule has 102 valence electrons. The minimum atomic E-state index is -1.87. The maximum Gasteiger partial charge on any atom is 0.259 e. The highest BCUT2D eigenvalue weighted by molar-refractivity contribution is 6.79. The summed E-state index contributed by atoms with van der Waals surface area (Å²) in [5.74, 6) is 1.56. The molecule has 0 fully saturated rings. The Morgan fingerprint density at radius 1 is 0.833 bits per heavy atom. The lowest BCUT2D eigenvalue weighted by Gasteiger charge is -2.27. The summed E-state index contributed by atoms with van der Waals surface area (Å²) < 4.78 is 12.1. The summed E-state index contributed by atoms with van der Waals surface area (Å²) in [6.45, 7) is 8.34. The molecule has 0 atom stereocenters. The van der Waals surface area contributed by atoms with Crippen LogP contribution in [0.2, 0.25) is 26.2 Å². The quantitative estimate of drug-likeness (QED) is 0.570. The lowest BCUT2D eigenvalue weighted by Crippen LogP contribution is -2.39. The number of benzene rings is 1. The van der Waals surface area contributed by atoms with Gasteiger partial charge in [-0.3, -0.25) is 0 Å². The van der Waals surface area contributed by atoms with Crippen molar-refractivity contribution in [2.45, 2.75) is 26.2 Å². The van der Waals surface area contributed by atoms with Gasteiger partial charge in [0.2, 0.25) is 0 Å². The van der Waals surface area contributed by atoms with E-state index in [1.807, 2.05) is 24.3 Å². The first kappa shape index (κ1) is 15.9. The lowest BCUT2D eigenvalue weighted by molar-refractivity contribution is 0.487. The van der Waals surface area contributed by atoms with Crippen LogP contribution in [0.25, 0.3) is 0 Å². The van der Waals surface area contributed by atoms with E-state index in [0.717, 1.165) is 11.5 Å². The van der Waals surface area contributed by atoms with Crippen molar-refractivity contribution in [2.24, 2.45) is 0 Å². The van der Waals surface area contributed by atoms with Gasteiger partial charge in [0, 0.05) is 0 Å². The summed E-state index contributed by atoms with van der Waals surface area (Å²) in [6, 6.07) is 7.73. The van der Waals surface area contributed by atoms with Crippen molar-refractivity contribution in [3.8, 4) is 11.5 Å². The minimum absolute atomic E-state index is 0.553. The molecule has 0 radical (unpaired) electrons. The van der Waals surface area contributed by atoms with Crippen molar-refractivity contribution in [2.75, 3.05) is 11.0 Å². The first-order valence-electron chi connectivity index (χ1n) is 5.89. The zero-order valence-corrected chi connectivity index (χ0v) is 14.8. The Morgan fingerprint density at radius 2 is 1.17 bits per heavy atom. The maximum absolute atomic E-state index is 6.03. The zero-order chi connectivity index (χ0) is 13.8. The largest absolute Gasteiger partial charge is 0.540 e. The summed E-state index contributed by atoms with van der Waals surface area (Å²) in [7, 11) is -3.73. The molecule has 0 bridgehead atoms. The molecule has 0 aromatic heterocycles. The number of para-hydroxylation sites is 2. The van der Waals surface area contributed by atoms with E-state index in [-0.39, 0.29) is 0 Å². The van der Waals surface area contributed by atoms with Crippen LogP contribution in [0.1, 0.15) is 0 Å². The Bertz CT molecular complexity index is 360. The van der Waals surface area contributed by atoms with Crippen LogP contribution in [-0.2, 0) is 0 Å². The van der Waals surface area contributed by atoms with Gasteiger partial charge < -0.3 is 8.85 Å². The molecule has 18 heavy (non-hydrogen) atoms. The van der Waals surface area contributed by atoms with Crippen LogP contribution >= 0.6 is 23.2 Å². The molecule has 0 aliphatic heterocycles. The number of hydrogen-bond acceptors (Lipinski definition) is 2. The third kappa shape index (κ3) is 4.84. The monoisotopic (exact) mass is 322 g/mol. The average molecular weight is 323 g/mol. The predicted octanol–water partition coefficient (Wildman–Crippen LogP) is 4.41. The van der Waals surface area contributed by atoms with Crippen molar-refractivity contribution in [1.82, 2.24) is 0 Å². The molecule has 0 heterocycles. The van der Waals surface area contributed by atoms with Crippen LogP contribution in [0.4, 0.5) is 0 Å². The molecule has 1 aromatic rings. The predicted molar refractivity (Wildman–Crippen MR) is 84.1 cm³/mol. The molecule has 0 spiro atoms. The molecular formula is C12H20Cl2O2Si2. The zero-order valence-electron chi connectivity index (χ0n) is 11.3. The van der Waals surface area contributed by atoms with Gasteiger partial charge in [-0.05, 0) is 38.3 Å². The molecule has 0 aliphatic rings. The van der Waals surface area contributed by atoms with Crippen LogP contribution < -0.4 is 8.85 Å². The van der Waals surface area contributed by atoms with Gasteiger partial charge in [-0.1, -0.05) is 12.1 Å². The van der Waals surface area contributed by atoms with Gasteiger partial charge in [-0.15, -0.1) is 23.2 Å². The smallest absolute Gasteiger partial charge is 0.259 e. The van der Waals surface area contributed by atoms with Crippen LogP contribution in [0.5, 0.6) is 11.5 Å². The molecule has 1 aromatic carbocycles. The van der Waals surface area contributed by atoms with E-state index in [2.05, 4.69) is 26.2 Å². The van der Waals surface area contributed by atoms with Crippen molar-refractivity contribution in [1.29, 1.82) is 0 Å². The molecule has 0 unspecified atom stereocenters. The summed E-state index contributed by atoms with van der Waals surface area (Å²) in [5.41, 5.74) is 1.11. The van der Waals surface area contributed by atoms with E-state index in [1.165, 1.54) is 0 Å². The normalized spacial score (nSPS) is 12.3. The molecule has 0 N–H and O–H groups in total. The maximum atomic E-state index is 6.03. The van der Waals surface area contributed by atoms with E-state index in [9.17, 15) is 0 Å². The third-order valence-electron chi connectivity index (χ3n) is 2.27. The lowest BCUT2D eigenvalue weighted by atomic mass is 10.3. The first-order chi connectivity index (χ1) is 8.29. The second kappa shape index (κ2) is 6.32. The molecule has 0 aliphatic carbocycles. The van der Waals surface area contributed by atoms with Gasteiger partial charge in [0.05, 0.1) is 11.0 Å². The van der Waals surface area contributed by atoms with E-state index in [4.69, 9.17) is 32.1 Å². The molecule has 1 rings (SSSR count). The molecule has 0 amide bonds. The van der Waals surface area contributed by atoms with Crippen LogP contribution in [0.15, 0.2) is 24.3 Å². The van der Waals surface area contributed by atoms with Gasteiger partial charge in [0.1, 0.15) is 11.5 Å². The number of alkyl halides is 2. The molecule has 0 saturated heterocycles. The number of hydrogen-bond donors (Lipinski definition) is 0. The Kier molecular flexibility index (Phi) is 5.58. The second-order valence-corrected chi connectivity index (χ2v) is 15.0. The van der Waals surface area contributed by atoms with Crippen molar-refractivity contribution < 1.29 is 8.85 Å². The Hall–Kier alpha value is -0.166. The van der Waals surface area contributed by atoms with Crippen LogP contribution in [0.3, 0.4) is 0 Å². The van der Waals surface area contributed by atoms with Crippen LogP contribution in [-0.4, -0.2) is 27.6 Å². The fraction of sp³-hybridized carbons (Fsp3) is 0.500. The third-order valence-corrected chi connectivity index (χ3v) is 8.96. The SMILES string of the molecule is C[Si](C)(CCl)Oc1ccccc1O[Si](C)(C)CCl. The van der Waals surface area contributed by atoms with Crippen molar-refractivity contribution in [3.63, 3.8) is 0 Å². The highest BCUT2D eigenvalue weighted by Gasteiger charge is 2.27. The highest BCUT2D eigenvalue weighted by atomic mass is 35.5. The Balaban J connectivity index is 2.93. The van der Waals surface area contributed by atoms with Gasteiger partial charge in [-0.2, -0.15) is 0 Å². The summed E-state index contributed by atoms with van der Waals surface area (Å²) in [6.07, 6.45) is 0. The average Bonchev–Trinajstić information content (AvgIpc) is 2.31. The number of halogens is 2. The fourth-order valence-corrected chi connectivity index (χ4v) is 3.23. The minimum Gasteiger partial charge on any atom is -0.540 e. The van der Waals surface area contributed by atoms with Gasteiger partial charge in [-0.25, -0.2) is 0 Å². The van der Waals surface area contributed by atoms with Crippen LogP contribution in [0, 0.1) is 0 Å². The van der Waals surface area contributed by atoms with E-state index >= 15 is 0 Å². The van der Waals surface area contributed by atoms with Gasteiger partial charge in [0.15, 0.2) is 0 Å². The molecule has 6 heteroatoms. The first-order valence-corrected chi connectivity index (χ1v) is 13.2. The molecule has 2 nitrogen and oxygen atoms in total. The Labute approximate surface area is 121 Å². The topological polar surface area (TPSA) is 18.5 Å². The fourth-order valence-electron chi connectivity index (χ4n) is 1.27. The Morgan fingerprint density at radius 3 is 1.44 bits per heavy atom. The van der Waals surface area contributed by atoms with E-state index < -0.39 is 16.6 Å². The van der Waals surface area contributed by atoms with Gasteiger partial charge >= 0.3 is 0 Å². The second-order valence-electron chi connectivity index (χ2n) is 5.44. The van der Waals surface area contributed by atoms with Gasteiger partial charge in [0.25, 0.3) is 16.6 Å². The summed E-state index contributed by atoms with van der Waals surface area (Å²) in [4.78, 5) is 0. The molecular weight excluding hydrogens is 303 g/mol. The number of rotatable bonds is 6. The van der Waals surface area contributed by atoms with Crippen molar-refractivity contribution in [3.05, 3.63) is 24.3 Å².